The summed E-state index contributed by atoms with van der Waals surface area (Å²) in [4.78, 5) is 4.58. The van der Waals surface area contributed by atoms with Gasteiger partial charge in [0.05, 0.1) is 11.0 Å². The van der Waals surface area contributed by atoms with Gasteiger partial charge >= 0.3 is 0 Å². The highest BCUT2D eigenvalue weighted by molar-refractivity contribution is 7.80. The molecule has 0 radical (unpaired) electrons. The van der Waals surface area contributed by atoms with Crippen molar-refractivity contribution >= 4 is 23.7 Å². The molecule has 0 aliphatic rings. The molecule has 0 unspecified atom stereocenters. The molecule has 0 amide bonds. The third-order valence-electron chi connectivity index (χ3n) is 2.46. The Morgan fingerprint density at radius 2 is 2.21 bits per heavy atom. The standard InChI is InChI=1S/C11H14N2S/c1-8-3-4-10-9(7-8)12-11(5-6-14)13(10)2/h3-4,7,14H,5-6H2,1-2H3. The Labute approximate surface area is 89.4 Å². The van der Waals surface area contributed by atoms with Crippen molar-refractivity contribution in [2.75, 3.05) is 5.75 Å². The second-order valence-corrected chi connectivity index (χ2v) is 4.00. The Kier molecular flexibility index (Phi) is 2.50. The summed E-state index contributed by atoms with van der Waals surface area (Å²) in [6.45, 7) is 2.09. The number of rotatable bonds is 2. The van der Waals surface area contributed by atoms with E-state index in [1.807, 2.05) is 0 Å². The maximum Gasteiger partial charge on any atom is 0.110 e. The maximum atomic E-state index is 4.58. The molecule has 1 heterocycles. The van der Waals surface area contributed by atoms with Crippen molar-refractivity contribution in [3.8, 4) is 0 Å². The largest absolute Gasteiger partial charge is 0.331 e. The second kappa shape index (κ2) is 3.65. The minimum absolute atomic E-state index is 0.843. The van der Waals surface area contributed by atoms with Gasteiger partial charge in [-0.3, -0.25) is 0 Å². The normalized spacial score (nSPS) is 11.1. The summed E-state index contributed by atoms with van der Waals surface area (Å²) in [7, 11) is 2.06. The number of aryl methyl sites for hydroxylation is 3. The van der Waals surface area contributed by atoms with Crippen molar-refractivity contribution in [1.82, 2.24) is 9.55 Å². The van der Waals surface area contributed by atoms with Crippen molar-refractivity contribution in [3.63, 3.8) is 0 Å². The average molecular weight is 206 g/mol. The minimum atomic E-state index is 0.843. The molecule has 0 N–H and O–H groups in total. The van der Waals surface area contributed by atoms with Gasteiger partial charge in [0.1, 0.15) is 5.82 Å². The van der Waals surface area contributed by atoms with Crippen LogP contribution in [0.2, 0.25) is 0 Å². The zero-order chi connectivity index (χ0) is 10.1. The van der Waals surface area contributed by atoms with E-state index < -0.39 is 0 Å². The van der Waals surface area contributed by atoms with E-state index in [0.717, 1.165) is 23.5 Å². The van der Waals surface area contributed by atoms with Crippen molar-refractivity contribution in [2.45, 2.75) is 13.3 Å². The number of fused-ring (bicyclic) bond motifs is 1. The van der Waals surface area contributed by atoms with E-state index in [2.05, 4.69) is 54.4 Å². The molecular formula is C11H14N2S. The fourth-order valence-corrected chi connectivity index (χ4v) is 1.88. The summed E-state index contributed by atoms with van der Waals surface area (Å²) >= 11 is 4.23. The van der Waals surface area contributed by atoms with Gasteiger partial charge in [0.25, 0.3) is 0 Å². The molecule has 2 nitrogen and oxygen atoms in total. The van der Waals surface area contributed by atoms with E-state index in [1.54, 1.807) is 0 Å². The van der Waals surface area contributed by atoms with E-state index >= 15 is 0 Å². The first-order chi connectivity index (χ1) is 6.72. The number of aromatic nitrogens is 2. The predicted molar refractivity (Wildman–Crippen MR) is 63.0 cm³/mol. The monoisotopic (exact) mass is 206 g/mol. The zero-order valence-corrected chi connectivity index (χ0v) is 9.38. The number of imidazole rings is 1. The van der Waals surface area contributed by atoms with Gasteiger partial charge in [-0.2, -0.15) is 12.6 Å². The Bertz CT molecular complexity index is 460. The van der Waals surface area contributed by atoms with Gasteiger partial charge in [-0.15, -0.1) is 0 Å². The van der Waals surface area contributed by atoms with Gasteiger partial charge in [0.15, 0.2) is 0 Å². The first-order valence-corrected chi connectivity index (χ1v) is 5.38. The van der Waals surface area contributed by atoms with Crippen LogP contribution in [0.5, 0.6) is 0 Å². The van der Waals surface area contributed by atoms with E-state index in [1.165, 1.54) is 11.1 Å². The van der Waals surface area contributed by atoms with Crippen LogP contribution in [-0.2, 0) is 13.5 Å². The number of nitrogens with zero attached hydrogens (tertiary/aromatic N) is 2. The summed E-state index contributed by atoms with van der Waals surface area (Å²) in [5.41, 5.74) is 3.55. The minimum Gasteiger partial charge on any atom is -0.331 e. The number of benzene rings is 1. The smallest absolute Gasteiger partial charge is 0.110 e. The average Bonchev–Trinajstić information content (AvgIpc) is 2.44. The molecule has 14 heavy (non-hydrogen) atoms. The van der Waals surface area contributed by atoms with Crippen molar-refractivity contribution in [3.05, 3.63) is 29.6 Å². The third-order valence-corrected chi connectivity index (χ3v) is 2.69. The number of thiol groups is 1. The van der Waals surface area contributed by atoms with Crippen molar-refractivity contribution in [2.24, 2.45) is 7.05 Å². The molecule has 2 aromatic rings. The van der Waals surface area contributed by atoms with Crippen LogP contribution in [0.3, 0.4) is 0 Å². The summed E-state index contributed by atoms with van der Waals surface area (Å²) in [5.74, 6) is 1.96. The predicted octanol–water partition coefficient (Wildman–Crippen LogP) is 2.35. The first-order valence-electron chi connectivity index (χ1n) is 4.75. The van der Waals surface area contributed by atoms with Crippen LogP contribution in [0, 0.1) is 6.92 Å². The van der Waals surface area contributed by atoms with Crippen LogP contribution < -0.4 is 0 Å². The van der Waals surface area contributed by atoms with Gasteiger partial charge in [0.2, 0.25) is 0 Å². The van der Waals surface area contributed by atoms with Gasteiger partial charge in [-0.05, 0) is 30.4 Å². The van der Waals surface area contributed by atoms with Gasteiger partial charge < -0.3 is 4.57 Å². The van der Waals surface area contributed by atoms with E-state index in [0.29, 0.717) is 0 Å². The molecular weight excluding hydrogens is 192 g/mol. The summed E-state index contributed by atoms with van der Waals surface area (Å²) in [6.07, 6.45) is 0.924. The van der Waals surface area contributed by atoms with E-state index in [4.69, 9.17) is 0 Å². The Morgan fingerprint density at radius 1 is 1.43 bits per heavy atom. The third kappa shape index (κ3) is 1.52. The van der Waals surface area contributed by atoms with Crippen LogP contribution in [0.25, 0.3) is 11.0 Å². The first kappa shape index (κ1) is 9.59. The highest BCUT2D eigenvalue weighted by Gasteiger charge is 2.05. The molecule has 0 atom stereocenters. The summed E-state index contributed by atoms with van der Waals surface area (Å²) < 4.78 is 2.14. The van der Waals surface area contributed by atoms with Crippen molar-refractivity contribution in [1.29, 1.82) is 0 Å². The lowest BCUT2D eigenvalue weighted by Gasteiger charge is -1.99. The Morgan fingerprint density at radius 3 is 2.93 bits per heavy atom. The molecule has 1 aromatic heterocycles. The van der Waals surface area contributed by atoms with Crippen molar-refractivity contribution < 1.29 is 0 Å². The topological polar surface area (TPSA) is 17.8 Å². The number of hydrogen-bond acceptors (Lipinski definition) is 2. The van der Waals surface area contributed by atoms with Crippen LogP contribution >= 0.6 is 12.6 Å². The Hall–Kier alpha value is -0.960. The van der Waals surface area contributed by atoms with E-state index in [9.17, 15) is 0 Å². The second-order valence-electron chi connectivity index (χ2n) is 3.55. The molecule has 0 saturated heterocycles. The lowest BCUT2D eigenvalue weighted by atomic mass is 10.2. The van der Waals surface area contributed by atoms with Crippen LogP contribution in [0.15, 0.2) is 18.2 Å². The highest BCUT2D eigenvalue weighted by atomic mass is 32.1. The highest BCUT2D eigenvalue weighted by Crippen LogP contribution is 2.16. The molecule has 1 aromatic carbocycles. The van der Waals surface area contributed by atoms with Gasteiger partial charge in [0, 0.05) is 13.5 Å². The molecule has 0 bridgehead atoms. The molecule has 0 fully saturated rings. The lowest BCUT2D eigenvalue weighted by Crippen LogP contribution is -1.98. The fourth-order valence-electron chi connectivity index (χ4n) is 1.68. The lowest BCUT2D eigenvalue weighted by molar-refractivity contribution is 0.834. The fraction of sp³-hybridized carbons (Fsp3) is 0.364. The van der Waals surface area contributed by atoms with Crippen LogP contribution in [-0.4, -0.2) is 15.3 Å². The summed E-state index contributed by atoms with van der Waals surface area (Å²) in [5, 5.41) is 0. The molecule has 0 spiro atoms. The molecule has 2 rings (SSSR count). The molecule has 0 aliphatic carbocycles. The SMILES string of the molecule is Cc1ccc2c(c1)nc(CCS)n2C. The number of hydrogen-bond donors (Lipinski definition) is 1. The molecule has 0 aliphatic heterocycles. The molecule has 0 saturated carbocycles. The maximum absolute atomic E-state index is 4.58. The molecule has 3 heteroatoms. The zero-order valence-electron chi connectivity index (χ0n) is 8.49. The van der Waals surface area contributed by atoms with E-state index in [-0.39, 0.29) is 0 Å². The van der Waals surface area contributed by atoms with Crippen LogP contribution in [0.1, 0.15) is 11.4 Å². The van der Waals surface area contributed by atoms with Gasteiger partial charge in [-0.1, -0.05) is 6.07 Å². The van der Waals surface area contributed by atoms with Gasteiger partial charge in [-0.25, -0.2) is 4.98 Å². The van der Waals surface area contributed by atoms with Crippen LogP contribution in [0.4, 0.5) is 0 Å². The molecule has 74 valence electrons. The quantitative estimate of drug-likeness (QED) is 0.747. The summed E-state index contributed by atoms with van der Waals surface area (Å²) in [6, 6.07) is 6.37. The Balaban J connectivity index is 2.61.